The molecule has 17 heavy (non-hydrogen) atoms. The summed E-state index contributed by atoms with van der Waals surface area (Å²) in [6.07, 6.45) is 3.49. The first-order chi connectivity index (χ1) is 8.20. The van der Waals surface area contributed by atoms with Gasteiger partial charge in [-0.3, -0.25) is 0 Å². The van der Waals surface area contributed by atoms with Crippen molar-refractivity contribution in [2.24, 2.45) is 5.73 Å². The van der Waals surface area contributed by atoms with E-state index in [9.17, 15) is 0 Å². The van der Waals surface area contributed by atoms with Gasteiger partial charge < -0.3 is 15.5 Å². The number of nitrogens with zero attached hydrogens (tertiary/aromatic N) is 2. The molecule has 0 amide bonds. The van der Waals surface area contributed by atoms with Crippen LogP contribution < -0.4 is 5.73 Å². The van der Waals surface area contributed by atoms with Gasteiger partial charge in [-0.2, -0.15) is 0 Å². The van der Waals surface area contributed by atoms with E-state index in [0.717, 1.165) is 35.3 Å². The summed E-state index contributed by atoms with van der Waals surface area (Å²) >= 11 is 3.37. The van der Waals surface area contributed by atoms with Crippen LogP contribution in [-0.2, 0) is 4.74 Å². The van der Waals surface area contributed by atoms with Gasteiger partial charge in [-0.15, -0.1) is 0 Å². The molecule has 0 aliphatic carbocycles. The molecule has 1 atom stereocenters. The van der Waals surface area contributed by atoms with Crippen LogP contribution in [0.4, 0.5) is 0 Å². The number of nitrogens with one attached hydrogen (secondary N) is 1. The SMILES string of the molecule is COCCCC(N)c1nc2ncc(Br)cc2[nH]1. The molecule has 2 heterocycles. The van der Waals surface area contributed by atoms with E-state index in [4.69, 9.17) is 10.5 Å². The van der Waals surface area contributed by atoms with Crippen LogP contribution in [0.2, 0.25) is 0 Å². The molecule has 0 radical (unpaired) electrons. The van der Waals surface area contributed by atoms with Gasteiger partial charge in [0.25, 0.3) is 0 Å². The Hall–Kier alpha value is -0.980. The lowest BCUT2D eigenvalue weighted by molar-refractivity contribution is 0.190. The molecule has 3 N–H and O–H groups in total. The fourth-order valence-electron chi connectivity index (χ4n) is 1.65. The maximum absolute atomic E-state index is 6.05. The van der Waals surface area contributed by atoms with Crippen molar-refractivity contribution in [3.05, 3.63) is 22.6 Å². The van der Waals surface area contributed by atoms with Gasteiger partial charge in [0, 0.05) is 24.4 Å². The fraction of sp³-hybridized carbons (Fsp3) is 0.455. The molecule has 0 aliphatic rings. The molecule has 0 aliphatic heterocycles. The highest BCUT2D eigenvalue weighted by Gasteiger charge is 2.11. The minimum absolute atomic E-state index is 0.0990. The second kappa shape index (κ2) is 5.57. The number of ether oxygens (including phenoxy) is 1. The topological polar surface area (TPSA) is 76.8 Å². The van der Waals surface area contributed by atoms with E-state index in [1.54, 1.807) is 13.3 Å². The molecular weight excluding hydrogens is 284 g/mol. The van der Waals surface area contributed by atoms with Gasteiger partial charge in [0.2, 0.25) is 0 Å². The number of aromatic amines is 1. The highest BCUT2D eigenvalue weighted by atomic mass is 79.9. The molecule has 0 saturated carbocycles. The first-order valence-corrected chi connectivity index (χ1v) is 6.25. The van der Waals surface area contributed by atoms with E-state index in [0.29, 0.717) is 5.65 Å². The summed E-state index contributed by atoms with van der Waals surface area (Å²) in [5, 5.41) is 0. The number of imidazole rings is 1. The number of fused-ring (bicyclic) bond motifs is 1. The first kappa shape index (κ1) is 12.5. The van der Waals surface area contributed by atoms with Crippen molar-refractivity contribution >= 4 is 27.1 Å². The lowest BCUT2D eigenvalue weighted by atomic mass is 10.1. The third kappa shape index (κ3) is 3.02. The molecule has 2 aromatic rings. The van der Waals surface area contributed by atoms with Crippen LogP contribution in [0.15, 0.2) is 16.7 Å². The first-order valence-electron chi connectivity index (χ1n) is 5.46. The lowest BCUT2D eigenvalue weighted by Crippen LogP contribution is -2.12. The zero-order valence-electron chi connectivity index (χ0n) is 9.61. The van der Waals surface area contributed by atoms with Gasteiger partial charge in [0.1, 0.15) is 5.82 Å². The predicted octanol–water partition coefficient (Wildman–Crippen LogP) is 2.15. The number of methoxy groups -OCH3 is 1. The van der Waals surface area contributed by atoms with Crippen molar-refractivity contribution in [3.63, 3.8) is 0 Å². The maximum Gasteiger partial charge on any atom is 0.177 e. The summed E-state index contributed by atoms with van der Waals surface area (Å²) in [6, 6.07) is 1.85. The molecule has 0 bridgehead atoms. The largest absolute Gasteiger partial charge is 0.385 e. The summed E-state index contributed by atoms with van der Waals surface area (Å²) in [5.74, 6) is 0.779. The third-order valence-electron chi connectivity index (χ3n) is 2.54. The molecule has 1 unspecified atom stereocenters. The van der Waals surface area contributed by atoms with Gasteiger partial charge in [-0.05, 0) is 34.8 Å². The molecule has 2 aromatic heterocycles. The number of aromatic nitrogens is 3. The highest BCUT2D eigenvalue weighted by Crippen LogP contribution is 2.19. The van der Waals surface area contributed by atoms with Crippen LogP contribution in [-0.4, -0.2) is 28.7 Å². The van der Waals surface area contributed by atoms with Gasteiger partial charge in [-0.25, -0.2) is 9.97 Å². The number of hydrogen-bond donors (Lipinski definition) is 2. The summed E-state index contributed by atoms with van der Waals surface area (Å²) in [6.45, 7) is 0.720. The van der Waals surface area contributed by atoms with Crippen molar-refractivity contribution in [2.75, 3.05) is 13.7 Å². The van der Waals surface area contributed by atoms with Gasteiger partial charge >= 0.3 is 0 Å². The van der Waals surface area contributed by atoms with Crippen LogP contribution in [0.3, 0.4) is 0 Å². The van der Waals surface area contributed by atoms with Crippen LogP contribution in [0.5, 0.6) is 0 Å². The maximum atomic E-state index is 6.05. The Morgan fingerprint density at radius 3 is 3.18 bits per heavy atom. The standard InChI is InChI=1S/C11H15BrN4O/c1-17-4-2-3-8(13)10-15-9-5-7(12)6-14-11(9)16-10/h5-6,8H,2-4,13H2,1H3,(H,14,15,16). The van der Waals surface area contributed by atoms with E-state index in [1.807, 2.05) is 6.07 Å². The summed E-state index contributed by atoms with van der Waals surface area (Å²) in [4.78, 5) is 11.8. The van der Waals surface area contributed by atoms with Crippen molar-refractivity contribution in [1.29, 1.82) is 0 Å². The number of rotatable bonds is 5. The van der Waals surface area contributed by atoms with Crippen molar-refractivity contribution in [1.82, 2.24) is 15.0 Å². The Balaban J connectivity index is 2.12. The number of nitrogens with two attached hydrogens (primary N) is 1. The van der Waals surface area contributed by atoms with E-state index >= 15 is 0 Å². The van der Waals surface area contributed by atoms with Crippen LogP contribution in [0.1, 0.15) is 24.7 Å². The average molecular weight is 299 g/mol. The lowest BCUT2D eigenvalue weighted by Gasteiger charge is -2.07. The van der Waals surface area contributed by atoms with Crippen LogP contribution in [0, 0.1) is 0 Å². The Kier molecular flexibility index (Phi) is 4.09. The molecule has 0 aromatic carbocycles. The highest BCUT2D eigenvalue weighted by molar-refractivity contribution is 9.10. The third-order valence-corrected chi connectivity index (χ3v) is 2.97. The normalized spacial score (nSPS) is 13.1. The molecule has 0 spiro atoms. The summed E-state index contributed by atoms with van der Waals surface area (Å²) in [7, 11) is 1.69. The van der Waals surface area contributed by atoms with E-state index < -0.39 is 0 Å². The molecule has 0 fully saturated rings. The zero-order chi connectivity index (χ0) is 12.3. The fourth-order valence-corrected chi connectivity index (χ4v) is 1.98. The van der Waals surface area contributed by atoms with Crippen molar-refractivity contribution in [3.8, 4) is 0 Å². The Morgan fingerprint density at radius 1 is 1.59 bits per heavy atom. The number of hydrogen-bond acceptors (Lipinski definition) is 4. The minimum atomic E-state index is -0.0990. The number of halogens is 1. The molecule has 6 heteroatoms. The second-order valence-corrected chi connectivity index (χ2v) is 4.80. The monoisotopic (exact) mass is 298 g/mol. The summed E-state index contributed by atoms with van der Waals surface area (Å²) < 4.78 is 5.92. The van der Waals surface area contributed by atoms with Gasteiger partial charge in [0.05, 0.1) is 11.6 Å². The minimum Gasteiger partial charge on any atom is -0.385 e. The van der Waals surface area contributed by atoms with Crippen LogP contribution in [0.25, 0.3) is 11.2 Å². The zero-order valence-corrected chi connectivity index (χ0v) is 11.2. The van der Waals surface area contributed by atoms with Gasteiger partial charge in [0.15, 0.2) is 5.65 Å². The van der Waals surface area contributed by atoms with Gasteiger partial charge in [-0.1, -0.05) is 0 Å². The Labute approximate surface area is 108 Å². The van der Waals surface area contributed by atoms with E-state index in [-0.39, 0.29) is 6.04 Å². The Morgan fingerprint density at radius 2 is 2.41 bits per heavy atom. The quantitative estimate of drug-likeness (QED) is 0.829. The van der Waals surface area contributed by atoms with E-state index in [2.05, 4.69) is 30.9 Å². The predicted molar refractivity (Wildman–Crippen MR) is 69.6 cm³/mol. The van der Waals surface area contributed by atoms with E-state index in [1.165, 1.54) is 0 Å². The number of H-pyrrole nitrogens is 1. The molecule has 0 saturated heterocycles. The second-order valence-electron chi connectivity index (χ2n) is 3.89. The number of pyridine rings is 1. The summed E-state index contributed by atoms with van der Waals surface area (Å²) in [5.41, 5.74) is 7.65. The molecular formula is C11H15BrN4O. The molecule has 5 nitrogen and oxygen atoms in total. The Bertz CT molecular complexity index is 499. The van der Waals surface area contributed by atoms with Crippen molar-refractivity contribution in [2.45, 2.75) is 18.9 Å². The smallest absolute Gasteiger partial charge is 0.177 e. The van der Waals surface area contributed by atoms with Crippen molar-refractivity contribution < 1.29 is 4.74 Å². The molecule has 2 rings (SSSR count). The van der Waals surface area contributed by atoms with Crippen LogP contribution >= 0.6 is 15.9 Å². The molecule has 92 valence electrons. The average Bonchev–Trinajstić information content (AvgIpc) is 2.72.